The fraction of sp³-hybridized carbons (Fsp3) is 0.667. The number of amides is 1. The molecule has 19 heavy (non-hydrogen) atoms. The van der Waals surface area contributed by atoms with Crippen LogP contribution < -0.4 is 0 Å². The van der Waals surface area contributed by atoms with E-state index < -0.39 is 17.2 Å². The van der Waals surface area contributed by atoms with E-state index in [1.165, 1.54) is 4.90 Å². The lowest BCUT2D eigenvalue weighted by molar-refractivity contribution is -0.182. The lowest BCUT2D eigenvalue weighted by atomic mass is 9.93. The number of aliphatic carboxylic acids is 1. The quantitative estimate of drug-likeness (QED) is 0.660. The first-order chi connectivity index (χ1) is 8.91. The van der Waals surface area contributed by atoms with E-state index >= 15 is 0 Å². The van der Waals surface area contributed by atoms with Crippen LogP contribution in [0.1, 0.15) is 25.7 Å². The van der Waals surface area contributed by atoms with Gasteiger partial charge in [0.1, 0.15) is 0 Å². The zero-order valence-electron chi connectivity index (χ0n) is 10.4. The predicted octanol–water partition coefficient (Wildman–Crippen LogP) is -0.000000000000000278. The molecule has 0 aromatic carbocycles. The lowest BCUT2D eigenvalue weighted by Crippen LogP contribution is -2.67. The summed E-state index contributed by atoms with van der Waals surface area (Å²) in [6, 6.07) is 0. The van der Waals surface area contributed by atoms with Gasteiger partial charge in [-0.05, 0) is 0 Å². The number of carboxylic acids is 1. The molecule has 2 rings (SSSR count). The van der Waals surface area contributed by atoms with Gasteiger partial charge in [-0.15, -0.1) is 12.3 Å². The number of aliphatic hydroxyl groups is 1. The van der Waals surface area contributed by atoms with Gasteiger partial charge in [-0.1, -0.05) is 0 Å². The Kier molecular flexibility index (Phi) is 3.28. The lowest BCUT2D eigenvalue weighted by Gasteiger charge is -2.43. The molecule has 0 bridgehead atoms. The topological polar surface area (TPSA) is 103 Å². The van der Waals surface area contributed by atoms with Gasteiger partial charge in [0.25, 0.3) is 0 Å². The molecule has 2 N–H and O–H groups in total. The standard InChI is InChI=1S/C12H15N3O4/c1-2-3-5-12(13-14-12)6-4-9(16)15-7-11(19,8-15)10(17)18/h1,19H,3-8H2,(H,17,18). The molecule has 7 heteroatoms. The highest BCUT2D eigenvalue weighted by molar-refractivity contribution is 5.85. The first-order valence-corrected chi connectivity index (χ1v) is 6.02. The summed E-state index contributed by atoms with van der Waals surface area (Å²) in [4.78, 5) is 23.8. The molecule has 0 aliphatic carbocycles. The molecule has 0 saturated carbocycles. The van der Waals surface area contributed by atoms with Crippen LogP contribution in [0.5, 0.6) is 0 Å². The Labute approximate surface area is 110 Å². The van der Waals surface area contributed by atoms with Gasteiger partial charge in [-0.2, -0.15) is 10.2 Å². The van der Waals surface area contributed by atoms with Crippen LogP contribution >= 0.6 is 0 Å². The number of terminal acetylenes is 1. The van der Waals surface area contributed by atoms with Crippen molar-refractivity contribution in [3.63, 3.8) is 0 Å². The monoisotopic (exact) mass is 265 g/mol. The Morgan fingerprint density at radius 3 is 2.42 bits per heavy atom. The number of carboxylic acid groups (broad SMARTS) is 1. The molecule has 1 fully saturated rings. The summed E-state index contributed by atoms with van der Waals surface area (Å²) in [5.41, 5.74) is -2.29. The van der Waals surface area contributed by atoms with Crippen LogP contribution in [0.4, 0.5) is 0 Å². The fourth-order valence-corrected chi connectivity index (χ4v) is 2.03. The average Bonchev–Trinajstić information content (AvgIpc) is 3.10. The molecule has 1 amide bonds. The van der Waals surface area contributed by atoms with Crippen molar-refractivity contribution >= 4 is 11.9 Å². The fourth-order valence-electron chi connectivity index (χ4n) is 2.03. The van der Waals surface area contributed by atoms with Crippen molar-refractivity contribution < 1.29 is 19.8 Å². The van der Waals surface area contributed by atoms with Crippen LogP contribution in [0.3, 0.4) is 0 Å². The summed E-state index contributed by atoms with van der Waals surface area (Å²) in [6.45, 7) is -0.320. The molecule has 0 aromatic rings. The van der Waals surface area contributed by atoms with E-state index in [1.54, 1.807) is 0 Å². The summed E-state index contributed by atoms with van der Waals surface area (Å²) >= 11 is 0. The average molecular weight is 265 g/mol. The predicted molar refractivity (Wildman–Crippen MR) is 64.1 cm³/mol. The van der Waals surface area contributed by atoms with E-state index in [1.807, 2.05) is 0 Å². The molecule has 102 valence electrons. The minimum atomic E-state index is -1.79. The number of nitrogens with zero attached hydrogens (tertiary/aromatic N) is 3. The maximum absolute atomic E-state index is 11.8. The smallest absolute Gasteiger partial charge is 0.339 e. The number of rotatable bonds is 6. The van der Waals surface area contributed by atoms with Crippen molar-refractivity contribution in [1.82, 2.24) is 4.90 Å². The molecule has 2 aliphatic rings. The van der Waals surface area contributed by atoms with Gasteiger partial charge in [-0.3, -0.25) is 4.79 Å². The Bertz CT molecular complexity index is 468. The minimum absolute atomic E-state index is 0.160. The van der Waals surface area contributed by atoms with E-state index in [0.717, 1.165) is 0 Å². The van der Waals surface area contributed by atoms with E-state index in [-0.39, 0.29) is 25.4 Å². The van der Waals surface area contributed by atoms with Crippen LogP contribution in [0.2, 0.25) is 0 Å². The molecular weight excluding hydrogens is 250 g/mol. The first-order valence-electron chi connectivity index (χ1n) is 6.02. The van der Waals surface area contributed by atoms with Gasteiger partial charge in [0.15, 0.2) is 11.3 Å². The highest BCUT2D eigenvalue weighted by atomic mass is 16.4. The van der Waals surface area contributed by atoms with Crippen LogP contribution in [0.15, 0.2) is 10.2 Å². The van der Waals surface area contributed by atoms with Gasteiger partial charge in [0, 0.05) is 25.7 Å². The van der Waals surface area contributed by atoms with Crippen molar-refractivity contribution in [2.75, 3.05) is 13.1 Å². The van der Waals surface area contributed by atoms with Crippen LogP contribution in [0.25, 0.3) is 0 Å². The molecule has 1 saturated heterocycles. The Morgan fingerprint density at radius 1 is 1.32 bits per heavy atom. The van der Waals surface area contributed by atoms with Crippen LogP contribution in [-0.2, 0) is 9.59 Å². The number of β-amino-alcohol motifs (C(OH)–C–C–N with tert-alkyl or cyclic N) is 1. The van der Waals surface area contributed by atoms with Crippen molar-refractivity contribution in [2.45, 2.75) is 36.9 Å². The van der Waals surface area contributed by atoms with E-state index in [9.17, 15) is 14.7 Å². The van der Waals surface area contributed by atoms with Crippen molar-refractivity contribution in [3.8, 4) is 12.3 Å². The molecule has 7 nitrogen and oxygen atoms in total. The summed E-state index contributed by atoms with van der Waals surface area (Å²) < 4.78 is 0. The normalized spacial score (nSPS) is 21.4. The Morgan fingerprint density at radius 2 is 1.95 bits per heavy atom. The maximum atomic E-state index is 11.8. The van der Waals surface area contributed by atoms with Gasteiger partial charge in [0.05, 0.1) is 13.1 Å². The molecule has 0 spiro atoms. The number of carbonyl (C=O) groups excluding carboxylic acids is 1. The van der Waals surface area contributed by atoms with Crippen molar-refractivity contribution in [1.29, 1.82) is 0 Å². The van der Waals surface area contributed by atoms with E-state index in [4.69, 9.17) is 11.5 Å². The summed E-state index contributed by atoms with van der Waals surface area (Å²) in [5.74, 6) is 1.02. The summed E-state index contributed by atoms with van der Waals surface area (Å²) in [7, 11) is 0. The second-order valence-electron chi connectivity index (χ2n) is 4.97. The van der Waals surface area contributed by atoms with Gasteiger partial charge in [0.2, 0.25) is 5.91 Å². The summed E-state index contributed by atoms with van der Waals surface area (Å²) in [5, 5.41) is 26.1. The maximum Gasteiger partial charge on any atom is 0.339 e. The Hall–Kier alpha value is -1.94. The second kappa shape index (κ2) is 4.63. The highest BCUT2D eigenvalue weighted by Gasteiger charge is 2.50. The second-order valence-corrected chi connectivity index (χ2v) is 4.97. The van der Waals surface area contributed by atoms with Crippen LogP contribution in [-0.4, -0.2) is 51.3 Å². The van der Waals surface area contributed by atoms with Gasteiger partial charge >= 0.3 is 5.97 Å². The molecule has 2 aliphatic heterocycles. The third kappa shape index (κ3) is 2.74. The molecule has 0 atom stereocenters. The number of hydrogen-bond donors (Lipinski definition) is 2. The first kappa shape index (κ1) is 13.5. The molecule has 2 heterocycles. The zero-order chi connectivity index (χ0) is 14.1. The third-order valence-corrected chi connectivity index (χ3v) is 3.45. The molecule has 0 aromatic heterocycles. The molecular formula is C12H15N3O4. The van der Waals surface area contributed by atoms with E-state index in [2.05, 4.69) is 16.1 Å². The van der Waals surface area contributed by atoms with Crippen molar-refractivity contribution in [2.24, 2.45) is 10.2 Å². The SMILES string of the molecule is C#CCCC1(CCC(=O)N2CC(O)(C(=O)O)C2)N=N1. The third-order valence-electron chi connectivity index (χ3n) is 3.45. The number of hydrogen-bond acceptors (Lipinski definition) is 5. The summed E-state index contributed by atoms with van der Waals surface area (Å²) in [6.07, 6.45) is 7.07. The van der Waals surface area contributed by atoms with Gasteiger partial charge < -0.3 is 15.1 Å². The van der Waals surface area contributed by atoms with Crippen LogP contribution in [0, 0.1) is 12.3 Å². The minimum Gasteiger partial charge on any atom is -0.479 e. The van der Waals surface area contributed by atoms with E-state index in [0.29, 0.717) is 19.3 Å². The Balaban J connectivity index is 1.73. The molecule has 0 radical (unpaired) electrons. The number of carbonyl (C=O) groups is 2. The largest absolute Gasteiger partial charge is 0.479 e. The molecule has 0 unspecified atom stereocenters. The zero-order valence-corrected chi connectivity index (χ0v) is 10.4. The number of likely N-dealkylation sites (tertiary alicyclic amines) is 1. The van der Waals surface area contributed by atoms with Crippen molar-refractivity contribution in [3.05, 3.63) is 0 Å². The van der Waals surface area contributed by atoms with Gasteiger partial charge in [-0.25, -0.2) is 4.79 Å². The highest BCUT2D eigenvalue weighted by Crippen LogP contribution is 2.38.